The summed E-state index contributed by atoms with van der Waals surface area (Å²) in [5.74, 6) is -1.30. The Labute approximate surface area is 182 Å². The predicted molar refractivity (Wildman–Crippen MR) is 109 cm³/mol. The van der Waals surface area contributed by atoms with Crippen molar-refractivity contribution in [2.24, 2.45) is 0 Å². The van der Waals surface area contributed by atoms with Gasteiger partial charge in [0.05, 0.1) is 34.3 Å². The SMILES string of the molecule is O=C(NC[C@H]1OC[C@@](O)(CN(O)C(=O)c2ccccc2Cl)[C@@H]1O)c1ccccc1Cl. The van der Waals surface area contributed by atoms with Gasteiger partial charge in [-0.3, -0.25) is 14.8 Å². The van der Waals surface area contributed by atoms with Crippen LogP contribution in [-0.2, 0) is 4.74 Å². The molecule has 0 aliphatic carbocycles. The molecule has 0 aromatic heterocycles. The predicted octanol–water partition coefficient (Wildman–Crippen LogP) is 1.75. The lowest BCUT2D eigenvalue weighted by atomic mass is 9.96. The quantitative estimate of drug-likeness (QED) is 0.389. The summed E-state index contributed by atoms with van der Waals surface area (Å²) in [5.41, 5.74) is -1.64. The largest absolute Gasteiger partial charge is 0.387 e. The molecule has 4 N–H and O–H groups in total. The van der Waals surface area contributed by atoms with E-state index in [1.165, 1.54) is 12.1 Å². The Morgan fingerprint density at radius 1 is 1.10 bits per heavy atom. The van der Waals surface area contributed by atoms with Crippen LogP contribution in [-0.4, -0.2) is 69.8 Å². The van der Waals surface area contributed by atoms with Gasteiger partial charge in [-0.2, -0.15) is 0 Å². The van der Waals surface area contributed by atoms with Crippen LogP contribution >= 0.6 is 23.2 Å². The summed E-state index contributed by atoms with van der Waals surface area (Å²) >= 11 is 11.9. The first-order valence-corrected chi connectivity index (χ1v) is 9.78. The van der Waals surface area contributed by atoms with E-state index in [-0.39, 0.29) is 39.4 Å². The average molecular weight is 455 g/mol. The maximum absolute atomic E-state index is 12.4. The molecule has 1 aliphatic rings. The Balaban J connectivity index is 1.60. The molecule has 0 radical (unpaired) electrons. The monoisotopic (exact) mass is 454 g/mol. The molecule has 0 saturated carbocycles. The molecule has 8 nitrogen and oxygen atoms in total. The van der Waals surface area contributed by atoms with Crippen molar-refractivity contribution in [3.63, 3.8) is 0 Å². The van der Waals surface area contributed by atoms with Gasteiger partial charge in [-0.05, 0) is 24.3 Å². The second-order valence-electron chi connectivity index (χ2n) is 6.93. The topological polar surface area (TPSA) is 119 Å². The minimum atomic E-state index is -1.94. The van der Waals surface area contributed by atoms with E-state index in [1.807, 2.05) is 0 Å². The van der Waals surface area contributed by atoms with Crippen molar-refractivity contribution in [1.82, 2.24) is 10.4 Å². The number of ether oxygens (including phenoxy) is 1. The summed E-state index contributed by atoms with van der Waals surface area (Å²) in [6, 6.07) is 12.6. The highest BCUT2D eigenvalue weighted by molar-refractivity contribution is 6.34. The third kappa shape index (κ3) is 4.75. The number of rotatable bonds is 6. The molecule has 1 saturated heterocycles. The van der Waals surface area contributed by atoms with Crippen molar-refractivity contribution < 1.29 is 29.7 Å². The van der Waals surface area contributed by atoms with E-state index in [2.05, 4.69) is 5.32 Å². The second kappa shape index (κ2) is 9.30. The molecule has 3 atom stereocenters. The molecule has 1 fully saturated rings. The molecule has 2 aromatic rings. The summed E-state index contributed by atoms with van der Waals surface area (Å²) in [7, 11) is 0. The molecule has 3 rings (SSSR count). The number of amides is 2. The lowest BCUT2D eigenvalue weighted by Crippen LogP contribution is -2.54. The maximum Gasteiger partial charge on any atom is 0.278 e. The van der Waals surface area contributed by atoms with Crippen LogP contribution in [0.3, 0.4) is 0 Å². The molecule has 160 valence electrons. The first-order chi connectivity index (χ1) is 14.2. The lowest BCUT2D eigenvalue weighted by Gasteiger charge is -2.29. The normalized spacial score (nSPS) is 23.2. The van der Waals surface area contributed by atoms with Crippen LogP contribution in [0.5, 0.6) is 0 Å². The van der Waals surface area contributed by atoms with E-state index >= 15 is 0 Å². The molecule has 2 aromatic carbocycles. The lowest BCUT2D eigenvalue weighted by molar-refractivity contribution is -0.133. The van der Waals surface area contributed by atoms with Crippen molar-refractivity contribution in [1.29, 1.82) is 0 Å². The van der Waals surface area contributed by atoms with E-state index < -0.39 is 36.2 Å². The molecular weight excluding hydrogens is 435 g/mol. The Hall–Kier alpha value is -2.20. The van der Waals surface area contributed by atoms with Gasteiger partial charge in [0.15, 0.2) is 0 Å². The highest BCUT2D eigenvalue weighted by Crippen LogP contribution is 2.27. The smallest absolute Gasteiger partial charge is 0.278 e. The van der Waals surface area contributed by atoms with Crippen molar-refractivity contribution in [2.75, 3.05) is 19.7 Å². The highest BCUT2D eigenvalue weighted by Gasteiger charge is 2.49. The minimum absolute atomic E-state index is 0.0437. The molecule has 2 amide bonds. The number of hydrogen-bond acceptors (Lipinski definition) is 6. The van der Waals surface area contributed by atoms with Crippen LogP contribution in [0.1, 0.15) is 20.7 Å². The number of carbonyl (C=O) groups is 2. The van der Waals surface area contributed by atoms with Gasteiger partial charge in [0.25, 0.3) is 11.8 Å². The summed E-state index contributed by atoms with van der Waals surface area (Å²) < 4.78 is 5.38. The van der Waals surface area contributed by atoms with Gasteiger partial charge in [-0.25, -0.2) is 5.06 Å². The minimum Gasteiger partial charge on any atom is -0.387 e. The number of aliphatic hydroxyl groups is 2. The summed E-state index contributed by atoms with van der Waals surface area (Å²) in [6.07, 6.45) is -2.43. The zero-order valence-corrected chi connectivity index (χ0v) is 17.2. The number of nitrogens with zero attached hydrogens (tertiary/aromatic N) is 1. The number of carbonyl (C=O) groups excluding carboxylic acids is 2. The summed E-state index contributed by atoms with van der Waals surface area (Å²) in [5, 5.41) is 34.6. The standard InChI is InChI=1S/C20H20Cl2N2O6/c21-14-7-3-1-5-12(14)18(26)23-9-16-17(25)20(28,11-30-16)10-24(29)19(27)13-6-2-4-8-15(13)22/h1-8,16-17,25,28-29H,9-11H2,(H,23,26)/t16-,17-,20+/m1/s1. The van der Waals surface area contributed by atoms with Gasteiger partial charge in [0.1, 0.15) is 17.8 Å². The fourth-order valence-electron chi connectivity index (χ4n) is 3.12. The van der Waals surface area contributed by atoms with E-state index in [1.54, 1.807) is 36.4 Å². The summed E-state index contributed by atoms with van der Waals surface area (Å²) in [4.78, 5) is 24.6. The van der Waals surface area contributed by atoms with Crippen molar-refractivity contribution in [2.45, 2.75) is 17.8 Å². The molecule has 0 spiro atoms. The Bertz CT molecular complexity index is 943. The number of aliphatic hydroxyl groups excluding tert-OH is 1. The zero-order chi connectivity index (χ0) is 21.9. The molecule has 30 heavy (non-hydrogen) atoms. The number of hydrogen-bond donors (Lipinski definition) is 4. The Kier molecular flexibility index (Phi) is 6.97. The van der Waals surface area contributed by atoms with Crippen LogP contribution in [0.25, 0.3) is 0 Å². The molecular formula is C20H20Cl2N2O6. The number of nitrogens with one attached hydrogen (secondary N) is 1. The van der Waals surface area contributed by atoms with E-state index in [9.17, 15) is 25.0 Å². The second-order valence-corrected chi connectivity index (χ2v) is 7.74. The third-order valence-corrected chi connectivity index (χ3v) is 5.45. The van der Waals surface area contributed by atoms with Crippen molar-refractivity contribution >= 4 is 35.0 Å². The molecule has 0 bridgehead atoms. The number of hydroxylamine groups is 2. The number of halogens is 2. The highest BCUT2D eigenvalue weighted by atomic mass is 35.5. The summed E-state index contributed by atoms with van der Waals surface area (Å²) in [6.45, 7) is -1.09. The third-order valence-electron chi connectivity index (χ3n) is 4.79. The van der Waals surface area contributed by atoms with Gasteiger partial charge in [-0.15, -0.1) is 0 Å². The van der Waals surface area contributed by atoms with E-state index in [0.29, 0.717) is 0 Å². The first-order valence-electron chi connectivity index (χ1n) is 9.03. The van der Waals surface area contributed by atoms with Crippen LogP contribution in [0.4, 0.5) is 0 Å². The molecule has 1 aliphatic heterocycles. The Morgan fingerprint density at radius 3 is 2.27 bits per heavy atom. The fourth-order valence-corrected chi connectivity index (χ4v) is 3.56. The van der Waals surface area contributed by atoms with E-state index in [4.69, 9.17) is 27.9 Å². The average Bonchev–Trinajstić information content (AvgIpc) is 3.00. The van der Waals surface area contributed by atoms with Crippen LogP contribution in [0.2, 0.25) is 10.0 Å². The molecule has 1 heterocycles. The fraction of sp³-hybridized carbons (Fsp3) is 0.300. The van der Waals surface area contributed by atoms with Gasteiger partial charge in [-0.1, -0.05) is 47.5 Å². The van der Waals surface area contributed by atoms with Crippen LogP contribution in [0, 0.1) is 0 Å². The van der Waals surface area contributed by atoms with Crippen LogP contribution < -0.4 is 5.32 Å². The van der Waals surface area contributed by atoms with Crippen molar-refractivity contribution in [3.8, 4) is 0 Å². The van der Waals surface area contributed by atoms with Gasteiger partial charge in [0.2, 0.25) is 0 Å². The van der Waals surface area contributed by atoms with Gasteiger partial charge < -0.3 is 20.3 Å². The van der Waals surface area contributed by atoms with Gasteiger partial charge in [0, 0.05) is 6.54 Å². The zero-order valence-electron chi connectivity index (χ0n) is 15.7. The van der Waals surface area contributed by atoms with E-state index in [0.717, 1.165) is 0 Å². The Morgan fingerprint density at radius 2 is 1.67 bits per heavy atom. The first kappa shape index (κ1) is 22.5. The number of benzene rings is 2. The molecule has 10 heteroatoms. The maximum atomic E-state index is 12.4. The molecule has 0 unspecified atom stereocenters. The van der Waals surface area contributed by atoms with Crippen molar-refractivity contribution in [3.05, 3.63) is 69.7 Å². The van der Waals surface area contributed by atoms with Crippen LogP contribution in [0.15, 0.2) is 48.5 Å². The van der Waals surface area contributed by atoms with Gasteiger partial charge >= 0.3 is 0 Å².